The van der Waals surface area contributed by atoms with Crippen LogP contribution < -0.4 is 11.1 Å². The van der Waals surface area contributed by atoms with E-state index in [4.69, 9.17) is 10.8 Å². The van der Waals surface area contributed by atoms with Crippen LogP contribution in [0.4, 0.5) is 4.79 Å². The van der Waals surface area contributed by atoms with Crippen LogP contribution in [0.2, 0.25) is 0 Å². The van der Waals surface area contributed by atoms with Crippen molar-refractivity contribution in [3.05, 3.63) is 12.8 Å². The number of amides is 1. The predicted octanol–water partition coefficient (Wildman–Crippen LogP) is -0.0632. The second-order valence-electron chi connectivity index (χ2n) is 1.93. The molecule has 0 saturated heterocycles. The smallest absolute Gasteiger partial charge is 0.412 e. The number of carbonyl (C=O) groups is 1. The molecule has 0 aromatic carbocycles. The van der Waals surface area contributed by atoms with Crippen LogP contribution in [0.3, 0.4) is 0 Å². The second-order valence-corrected chi connectivity index (χ2v) is 3.21. The monoisotopic (exact) mass is 286 g/mol. The molecule has 4 N–H and O–H groups in total. The number of nitrogens with two attached hydrogens (primary N) is 1. The fourth-order valence-electron chi connectivity index (χ4n) is 0.501. The highest BCUT2D eigenvalue weighted by Gasteiger charge is 2.16. The quantitative estimate of drug-likeness (QED) is 0.384. The number of nitrogens with one attached hydrogen (secondary N) is 1. The SMILES string of the molecule is C=COC(=O)NC(CN)C(O)I. The number of aliphatic hydroxyl groups is 1. The first-order valence-corrected chi connectivity index (χ1v) is 4.46. The predicted molar refractivity (Wildman–Crippen MR) is 52.7 cm³/mol. The van der Waals surface area contributed by atoms with Crippen molar-refractivity contribution in [2.45, 2.75) is 10.2 Å². The number of ether oxygens (including phenoxy) is 1. The Bertz CT molecular complexity index is 163. The Labute approximate surface area is 84.1 Å². The molecule has 0 saturated carbocycles. The molecule has 0 bridgehead atoms. The Morgan fingerprint density at radius 3 is 2.83 bits per heavy atom. The van der Waals surface area contributed by atoms with Crippen LogP contribution in [0.5, 0.6) is 0 Å². The molecule has 0 aliphatic rings. The number of alkyl halides is 1. The van der Waals surface area contributed by atoms with Crippen molar-refractivity contribution in [3.8, 4) is 0 Å². The van der Waals surface area contributed by atoms with Crippen molar-refractivity contribution < 1.29 is 14.6 Å². The molecule has 12 heavy (non-hydrogen) atoms. The topological polar surface area (TPSA) is 84.6 Å². The number of carbonyl (C=O) groups excluding carboxylic acids is 1. The van der Waals surface area contributed by atoms with E-state index >= 15 is 0 Å². The van der Waals surface area contributed by atoms with Gasteiger partial charge in [0.25, 0.3) is 0 Å². The molecular formula is C6H11IN2O3. The van der Waals surface area contributed by atoms with E-state index < -0.39 is 16.2 Å². The van der Waals surface area contributed by atoms with Crippen molar-refractivity contribution >= 4 is 28.7 Å². The van der Waals surface area contributed by atoms with Gasteiger partial charge in [-0.15, -0.1) is 0 Å². The Morgan fingerprint density at radius 1 is 1.92 bits per heavy atom. The first-order valence-electron chi connectivity index (χ1n) is 3.22. The Hall–Kier alpha value is -0.340. The lowest BCUT2D eigenvalue weighted by Gasteiger charge is -2.16. The molecule has 0 fully saturated rings. The molecule has 0 rings (SSSR count). The van der Waals surface area contributed by atoms with Crippen LogP contribution in [0.1, 0.15) is 0 Å². The summed E-state index contributed by atoms with van der Waals surface area (Å²) in [6.45, 7) is 3.35. The molecule has 70 valence electrons. The normalized spacial score (nSPS) is 14.6. The van der Waals surface area contributed by atoms with Gasteiger partial charge in [-0.2, -0.15) is 0 Å². The Balaban J connectivity index is 3.85. The minimum absolute atomic E-state index is 0.149. The maximum Gasteiger partial charge on any atom is 0.412 e. The highest BCUT2D eigenvalue weighted by atomic mass is 127. The number of hydrogen-bond acceptors (Lipinski definition) is 4. The molecule has 0 spiro atoms. The van der Waals surface area contributed by atoms with Gasteiger partial charge in [-0.3, -0.25) is 0 Å². The van der Waals surface area contributed by atoms with E-state index in [2.05, 4.69) is 16.6 Å². The van der Waals surface area contributed by atoms with Crippen molar-refractivity contribution in [2.24, 2.45) is 5.73 Å². The summed E-state index contributed by atoms with van der Waals surface area (Å²) in [4.78, 5) is 10.7. The molecule has 2 unspecified atom stereocenters. The van der Waals surface area contributed by atoms with Gasteiger partial charge >= 0.3 is 6.09 Å². The summed E-state index contributed by atoms with van der Waals surface area (Å²) in [6, 6.07) is -0.502. The molecule has 0 radical (unpaired) electrons. The Kier molecular flexibility index (Phi) is 6.03. The third kappa shape index (κ3) is 4.52. The van der Waals surface area contributed by atoms with Crippen LogP contribution in [0.25, 0.3) is 0 Å². The van der Waals surface area contributed by atoms with Gasteiger partial charge in [-0.25, -0.2) is 4.79 Å². The second kappa shape index (κ2) is 6.21. The van der Waals surface area contributed by atoms with Crippen LogP contribution in [-0.4, -0.2) is 27.9 Å². The zero-order valence-corrected chi connectivity index (χ0v) is 8.52. The summed E-state index contributed by atoms with van der Waals surface area (Å²) in [5.41, 5.74) is 5.26. The summed E-state index contributed by atoms with van der Waals surface area (Å²) in [6.07, 6.45) is 0.332. The lowest BCUT2D eigenvalue weighted by Crippen LogP contribution is -2.45. The van der Waals surface area contributed by atoms with Gasteiger partial charge in [-0.1, -0.05) is 6.58 Å². The van der Waals surface area contributed by atoms with Gasteiger partial charge in [0, 0.05) is 6.54 Å². The van der Waals surface area contributed by atoms with Crippen molar-refractivity contribution in [3.63, 3.8) is 0 Å². The summed E-state index contributed by atoms with van der Waals surface area (Å²) < 4.78 is 3.64. The summed E-state index contributed by atoms with van der Waals surface area (Å²) >= 11 is 1.75. The van der Waals surface area contributed by atoms with E-state index in [0.29, 0.717) is 0 Å². The molecule has 0 heterocycles. The molecule has 6 heteroatoms. The van der Waals surface area contributed by atoms with E-state index in [1.165, 1.54) is 0 Å². The largest absolute Gasteiger partial charge is 0.419 e. The molecule has 2 atom stereocenters. The number of rotatable bonds is 4. The first kappa shape index (κ1) is 11.7. The molecular weight excluding hydrogens is 275 g/mol. The van der Waals surface area contributed by atoms with Crippen molar-refractivity contribution in [1.82, 2.24) is 5.32 Å². The standard InChI is InChI=1S/C6H11IN2O3/c1-2-12-6(11)9-4(3-8)5(7)10/h2,4-5,10H,1,3,8H2,(H,9,11). The van der Waals surface area contributed by atoms with Crippen molar-refractivity contribution in [2.75, 3.05) is 6.54 Å². The van der Waals surface area contributed by atoms with Crippen LogP contribution >= 0.6 is 22.6 Å². The van der Waals surface area contributed by atoms with E-state index in [0.717, 1.165) is 6.26 Å². The lowest BCUT2D eigenvalue weighted by molar-refractivity contribution is 0.167. The summed E-state index contributed by atoms with van der Waals surface area (Å²) in [5.74, 6) is 0. The van der Waals surface area contributed by atoms with Crippen LogP contribution in [0, 0.1) is 0 Å². The fourth-order valence-corrected chi connectivity index (χ4v) is 0.974. The molecule has 1 amide bonds. The minimum atomic E-state index is -0.732. The minimum Gasteiger partial charge on any atom is -0.419 e. The first-order chi connectivity index (χ1) is 5.61. The van der Waals surface area contributed by atoms with Gasteiger partial charge < -0.3 is 20.9 Å². The zero-order chi connectivity index (χ0) is 9.56. The van der Waals surface area contributed by atoms with Gasteiger partial charge in [0.2, 0.25) is 0 Å². The summed E-state index contributed by atoms with van der Waals surface area (Å²) in [5, 5.41) is 11.4. The van der Waals surface area contributed by atoms with Gasteiger partial charge in [-0.05, 0) is 22.6 Å². The number of alkyl carbamates (subject to hydrolysis) is 1. The maximum absolute atomic E-state index is 10.7. The van der Waals surface area contributed by atoms with Gasteiger partial charge in [0.1, 0.15) is 4.11 Å². The molecule has 5 nitrogen and oxygen atoms in total. The van der Waals surface area contributed by atoms with Crippen LogP contribution in [-0.2, 0) is 4.74 Å². The average molecular weight is 286 g/mol. The highest BCUT2D eigenvalue weighted by Crippen LogP contribution is 2.01. The Morgan fingerprint density at radius 2 is 2.50 bits per heavy atom. The van der Waals surface area contributed by atoms with Crippen LogP contribution in [0.15, 0.2) is 12.8 Å². The van der Waals surface area contributed by atoms with Gasteiger partial charge in [0.05, 0.1) is 12.3 Å². The van der Waals surface area contributed by atoms with Crippen molar-refractivity contribution in [1.29, 1.82) is 0 Å². The van der Waals surface area contributed by atoms with E-state index in [1.807, 2.05) is 0 Å². The third-order valence-electron chi connectivity index (χ3n) is 1.08. The molecule has 0 aromatic heterocycles. The molecule has 0 aromatic rings. The van der Waals surface area contributed by atoms with E-state index in [9.17, 15) is 4.79 Å². The number of aliphatic hydroxyl groups excluding tert-OH is 1. The zero-order valence-electron chi connectivity index (χ0n) is 6.37. The van der Waals surface area contributed by atoms with E-state index in [-0.39, 0.29) is 6.54 Å². The van der Waals surface area contributed by atoms with Gasteiger partial charge in [0.15, 0.2) is 0 Å². The maximum atomic E-state index is 10.7. The highest BCUT2D eigenvalue weighted by molar-refractivity contribution is 14.1. The number of hydrogen-bond donors (Lipinski definition) is 3. The molecule has 0 aliphatic carbocycles. The number of halogens is 1. The van der Waals surface area contributed by atoms with E-state index in [1.54, 1.807) is 22.6 Å². The lowest BCUT2D eigenvalue weighted by atomic mass is 10.3. The average Bonchev–Trinajstić information content (AvgIpc) is 2.00. The fraction of sp³-hybridized carbons (Fsp3) is 0.500. The summed E-state index contributed by atoms with van der Waals surface area (Å²) in [7, 11) is 0. The molecule has 0 aliphatic heterocycles. The third-order valence-corrected chi connectivity index (χ3v) is 1.95.